The highest BCUT2D eigenvalue weighted by molar-refractivity contribution is 5.85. The summed E-state index contributed by atoms with van der Waals surface area (Å²) < 4.78 is 5.64. The molecular weight excluding hydrogens is 188 g/mol. The van der Waals surface area contributed by atoms with E-state index < -0.39 is 0 Å². The Kier molecular flexibility index (Phi) is 5.02. The molecule has 2 saturated heterocycles. The van der Waals surface area contributed by atoms with Gasteiger partial charge in [-0.25, -0.2) is 0 Å². The Labute approximate surface area is 86.0 Å². The average Bonchev–Trinajstić information content (AvgIpc) is 2.21. The molecule has 2 atom stereocenters. The Morgan fingerprint density at radius 1 is 1.00 bits per heavy atom. The molecule has 2 rings (SSSR count). The van der Waals surface area contributed by atoms with Gasteiger partial charge in [-0.1, -0.05) is 6.42 Å². The molecule has 0 aromatic carbocycles. The van der Waals surface area contributed by atoms with E-state index >= 15 is 0 Å². The summed E-state index contributed by atoms with van der Waals surface area (Å²) in [6.45, 7) is 3.20. The molecule has 13 heavy (non-hydrogen) atoms. The Morgan fingerprint density at radius 2 is 1.85 bits per heavy atom. The van der Waals surface area contributed by atoms with E-state index in [0.717, 1.165) is 26.1 Å². The number of rotatable bonds is 1. The van der Waals surface area contributed by atoms with Crippen LogP contribution in [-0.4, -0.2) is 32.0 Å². The summed E-state index contributed by atoms with van der Waals surface area (Å²) in [5.74, 6) is 0. The van der Waals surface area contributed by atoms with Crippen LogP contribution in [-0.2, 0) is 4.74 Å². The zero-order valence-corrected chi connectivity index (χ0v) is 8.74. The molecule has 0 bridgehead atoms. The Bertz CT molecular complexity index is 118. The predicted octanol–water partition coefficient (Wildman–Crippen LogP) is 0.886. The number of ether oxygens (including phenoxy) is 1. The van der Waals surface area contributed by atoms with E-state index in [1.807, 2.05) is 0 Å². The summed E-state index contributed by atoms with van der Waals surface area (Å²) in [6, 6.07) is 0.555. The molecule has 2 fully saturated rings. The summed E-state index contributed by atoms with van der Waals surface area (Å²) >= 11 is 0. The highest BCUT2D eigenvalue weighted by atomic mass is 35.5. The molecule has 4 heteroatoms. The van der Waals surface area contributed by atoms with Crippen LogP contribution in [0.5, 0.6) is 0 Å². The van der Waals surface area contributed by atoms with E-state index in [2.05, 4.69) is 10.6 Å². The van der Waals surface area contributed by atoms with Gasteiger partial charge in [-0.15, -0.1) is 12.4 Å². The first-order chi connectivity index (χ1) is 5.97. The van der Waals surface area contributed by atoms with Crippen LogP contribution in [0.4, 0.5) is 0 Å². The van der Waals surface area contributed by atoms with E-state index in [0.29, 0.717) is 6.04 Å². The fourth-order valence-corrected chi connectivity index (χ4v) is 1.98. The molecule has 0 aromatic heterocycles. The van der Waals surface area contributed by atoms with Gasteiger partial charge in [0.1, 0.15) is 6.23 Å². The van der Waals surface area contributed by atoms with Crippen LogP contribution in [0.2, 0.25) is 0 Å². The molecule has 0 aliphatic carbocycles. The van der Waals surface area contributed by atoms with Gasteiger partial charge in [0.15, 0.2) is 0 Å². The first kappa shape index (κ1) is 11.2. The fourth-order valence-electron chi connectivity index (χ4n) is 1.98. The van der Waals surface area contributed by atoms with Gasteiger partial charge in [0.2, 0.25) is 0 Å². The largest absolute Gasteiger partial charge is 0.362 e. The van der Waals surface area contributed by atoms with Gasteiger partial charge < -0.3 is 10.1 Å². The van der Waals surface area contributed by atoms with E-state index in [1.165, 1.54) is 19.3 Å². The quantitative estimate of drug-likeness (QED) is 0.669. The summed E-state index contributed by atoms with van der Waals surface area (Å²) in [7, 11) is 0. The maximum atomic E-state index is 5.64. The van der Waals surface area contributed by atoms with Crippen molar-refractivity contribution in [3.8, 4) is 0 Å². The van der Waals surface area contributed by atoms with Crippen LogP contribution in [0.15, 0.2) is 0 Å². The molecule has 2 unspecified atom stereocenters. The van der Waals surface area contributed by atoms with Gasteiger partial charge in [0.05, 0.1) is 0 Å². The van der Waals surface area contributed by atoms with Gasteiger partial charge in [0, 0.05) is 12.6 Å². The van der Waals surface area contributed by atoms with E-state index in [9.17, 15) is 0 Å². The third-order valence-corrected chi connectivity index (χ3v) is 2.68. The van der Waals surface area contributed by atoms with Crippen LogP contribution in [0, 0.1) is 0 Å². The Morgan fingerprint density at radius 3 is 2.46 bits per heavy atom. The lowest BCUT2D eigenvalue weighted by Gasteiger charge is -2.34. The van der Waals surface area contributed by atoms with Crippen molar-refractivity contribution >= 4 is 12.4 Å². The van der Waals surface area contributed by atoms with Crippen molar-refractivity contribution in [2.24, 2.45) is 0 Å². The van der Waals surface area contributed by atoms with Crippen LogP contribution in [0.3, 0.4) is 0 Å². The van der Waals surface area contributed by atoms with Gasteiger partial charge in [-0.2, -0.15) is 0 Å². The van der Waals surface area contributed by atoms with Crippen LogP contribution in [0.25, 0.3) is 0 Å². The zero-order valence-electron chi connectivity index (χ0n) is 7.92. The molecule has 78 valence electrons. The summed E-state index contributed by atoms with van der Waals surface area (Å²) in [5.41, 5.74) is 0. The van der Waals surface area contributed by atoms with Gasteiger partial charge in [-0.3, -0.25) is 5.32 Å². The van der Waals surface area contributed by atoms with Crippen molar-refractivity contribution in [3.05, 3.63) is 0 Å². The van der Waals surface area contributed by atoms with E-state index in [-0.39, 0.29) is 18.6 Å². The second-order valence-corrected chi connectivity index (χ2v) is 3.66. The second-order valence-electron chi connectivity index (χ2n) is 3.66. The first-order valence-electron chi connectivity index (χ1n) is 5.05. The minimum Gasteiger partial charge on any atom is -0.362 e. The monoisotopic (exact) mass is 206 g/mol. The molecular formula is C9H19ClN2O. The standard InChI is InChI=1S/C9H18N2O.ClH/c1-2-5-10-8(4-1)9-11-6-3-7-12-9;/h8-11H,1-7H2;1H. The van der Waals surface area contributed by atoms with Crippen LogP contribution in [0.1, 0.15) is 25.7 Å². The third-order valence-electron chi connectivity index (χ3n) is 2.68. The minimum absolute atomic E-state index is 0. The van der Waals surface area contributed by atoms with Crippen molar-refractivity contribution in [2.45, 2.75) is 38.0 Å². The first-order valence-corrected chi connectivity index (χ1v) is 5.05. The minimum atomic E-state index is 0. The fraction of sp³-hybridized carbons (Fsp3) is 1.00. The Hall–Kier alpha value is 0.170. The molecule has 2 heterocycles. The molecule has 0 amide bonds. The van der Waals surface area contributed by atoms with Gasteiger partial charge in [0.25, 0.3) is 0 Å². The third kappa shape index (κ3) is 3.09. The maximum Gasteiger partial charge on any atom is 0.123 e. The van der Waals surface area contributed by atoms with Crippen LogP contribution >= 0.6 is 12.4 Å². The second kappa shape index (κ2) is 5.81. The van der Waals surface area contributed by atoms with Crippen LogP contribution < -0.4 is 10.6 Å². The molecule has 2 N–H and O–H groups in total. The number of hydrogen-bond donors (Lipinski definition) is 2. The number of piperidine rings is 1. The summed E-state index contributed by atoms with van der Waals surface area (Å²) in [4.78, 5) is 0. The molecule has 2 aliphatic rings. The lowest BCUT2D eigenvalue weighted by molar-refractivity contribution is -0.0274. The topological polar surface area (TPSA) is 33.3 Å². The van der Waals surface area contributed by atoms with Crippen molar-refractivity contribution in [1.82, 2.24) is 10.6 Å². The summed E-state index contributed by atoms with van der Waals surface area (Å²) in [5, 5.41) is 6.91. The van der Waals surface area contributed by atoms with Gasteiger partial charge in [-0.05, 0) is 32.4 Å². The lowest BCUT2D eigenvalue weighted by Crippen LogP contribution is -2.53. The predicted molar refractivity (Wildman–Crippen MR) is 55.2 cm³/mol. The molecule has 3 nitrogen and oxygen atoms in total. The molecule has 0 saturated carbocycles. The SMILES string of the molecule is C1CCC(C2NCCCO2)NC1.Cl. The number of hydrogen-bond acceptors (Lipinski definition) is 3. The van der Waals surface area contributed by atoms with Gasteiger partial charge >= 0.3 is 0 Å². The van der Waals surface area contributed by atoms with Crippen molar-refractivity contribution < 1.29 is 4.74 Å². The number of halogens is 1. The highest BCUT2D eigenvalue weighted by Crippen LogP contribution is 2.13. The highest BCUT2D eigenvalue weighted by Gasteiger charge is 2.24. The number of nitrogens with one attached hydrogen (secondary N) is 2. The molecule has 2 aliphatic heterocycles. The smallest absolute Gasteiger partial charge is 0.123 e. The normalized spacial score (nSPS) is 35.1. The van der Waals surface area contributed by atoms with E-state index in [4.69, 9.17) is 4.74 Å². The van der Waals surface area contributed by atoms with E-state index in [1.54, 1.807) is 0 Å². The van der Waals surface area contributed by atoms with Crippen molar-refractivity contribution in [2.75, 3.05) is 19.7 Å². The van der Waals surface area contributed by atoms with Crippen molar-refractivity contribution in [1.29, 1.82) is 0 Å². The lowest BCUT2D eigenvalue weighted by atomic mass is 10.0. The molecule has 0 radical (unpaired) electrons. The molecule has 0 aromatic rings. The zero-order chi connectivity index (χ0) is 8.23. The molecule has 0 spiro atoms. The maximum absolute atomic E-state index is 5.64. The average molecular weight is 207 g/mol. The van der Waals surface area contributed by atoms with Crippen molar-refractivity contribution in [3.63, 3.8) is 0 Å². The summed E-state index contributed by atoms with van der Waals surface area (Å²) in [6.07, 6.45) is 5.36. The Balaban J connectivity index is 0.000000845.